The van der Waals surface area contributed by atoms with E-state index in [1.165, 1.54) is 0 Å². The van der Waals surface area contributed by atoms with Crippen molar-refractivity contribution >= 4 is 17.6 Å². The van der Waals surface area contributed by atoms with Crippen LogP contribution in [0, 0.1) is 0 Å². The zero-order chi connectivity index (χ0) is 15.9. The molecule has 1 heterocycles. The number of methoxy groups -OCH3 is 1. The maximum Gasteiger partial charge on any atom is 0.360 e. The van der Waals surface area contributed by atoms with E-state index in [0.29, 0.717) is 17.8 Å². The predicted molar refractivity (Wildman–Crippen MR) is 82.7 cm³/mol. The Morgan fingerprint density at radius 1 is 1.14 bits per heavy atom. The summed E-state index contributed by atoms with van der Waals surface area (Å²) in [5.41, 5.74) is 2.22. The molecule has 0 saturated carbocycles. The summed E-state index contributed by atoms with van der Waals surface area (Å²) in [5, 5.41) is 0.0507. The zero-order valence-corrected chi connectivity index (χ0v) is 13.3. The number of aromatic nitrogens is 2. The van der Waals surface area contributed by atoms with Crippen LogP contribution in [0.1, 0.15) is 34.4 Å². The van der Waals surface area contributed by atoms with Gasteiger partial charge in [-0.2, -0.15) is 0 Å². The average Bonchev–Trinajstić information content (AvgIpc) is 2.55. The Labute approximate surface area is 134 Å². The average molecular weight is 321 g/mol. The molecule has 0 radical (unpaired) electrons. The molecule has 0 fully saturated rings. The number of carbonyl (C=O) groups excluding carboxylic acids is 1. The number of rotatable bonds is 6. The number of esters is 1. The first-order valence-corrected chi connectivity index (χ1v) is 7.28. The Morgan fingerprint density at radius 2 is 1.86 bits per heavy atom. The third kappa shape index (κ3) is 4.02. The van der Waals surface area contributed by atoms with Crippen molar-refractivity contribution in [3.05, 3.63) is 58.1 Å². The minimum absolute atomic E-state index is 0.0156. The van der Waals surface area contributed by atoms with Gasteiger partial charge in [-0.25, -0.2) is 14.8 Å². The van der Waals surface area contributed by atoms with Crippen LogP contribution >= 0.6 is 11.6 Å². The lowest BCUT2D eigenvalue weighted by Crippen LogP contribution is -2.13. The fourth-order valence-corrected chi connectivity index (χ4v) is 2.16. The maximum atomic E-state index is 12.1. The van der Waals surface area contributed by atoms with Gasteiger partial charge in [-0.05, 0) is 12.0 Å². The van der Waals surface area contributed by atoms with Gasteiger partial charge >= 0.3 is 5.97 Å². The van der Waals surface area contributed by atoms with Crippen LogP contribution in [0.25, 0.3) is 0 Å². The summed E-state index contributed by atoms with van der Waals surface area (Å²) >= 11 is 6.04. The quantitative estimate of drug-likeness (QED) is 0.765. The highest BCUT2D eigenvalue weighted by Crippen LogP contribution is 2.17. The zero-order valence-electron chi connectivity index (χ0n) is 12.5. The van der Waals surface area contributed by atoms with Gasteiger partial charge in [0.2, 0.25) is 0 Å². The number of hydrogen-bond donors (Lipinski definition) is 0. The molecule has 1 aromatic carbocycles. The first-order valence-electron chi connectivity index (χ1n) is 6.91. The molecule has 116 valence electrons. The highest BCUT2D eigenvalue weighted by Gasteiger charge is 2.19. The standard InChI is InChI=1S/C16H17ClN2O3/c1-3-12-13(10-21-2)18-14(15(17)19-12)16(20)22-9-11-7-5-4-6-8-11/h4-8H,3,9-10H2,1-2H3. The molecule has 0 N–H and O–H groups in total. The smallest absolute Gasteiger partial charge is 0.360 e. The van der Waals surface area contributed by atoms with Crippen molar-refractivity contribution in [3.8, 4) is 0 Å². The fraction of sp³-hybridized carbons (Fsp3) is 0.312. The van der Waals surface area contributed by atoms with Crippen LogP contribution in [0.2, 0.25) is 5.15 Å². The molecule has 0 unspecified atom stereocenters. The molecule has 0 spiro atoms. The summed E-state index contributed by atoms with van der Waals surface area (Å²) in [4.78, 5) is 20.6. The third-order valence-electron chi connectivity index (χ3n) is 3.03. The number of hydrogen-bond acceptors (Lipinski definition) is 5. The first kappa shape index (κ1) is 16.4. The van der Waals surface area contributed by atoms with E-state index in [1.807, 2.05) is 37.3 Å². The fourth-order valence-electron chi connectivity index (χ4n) is 1.94. The van der Waals surface area contributed by atoms with E-state index < -0.39 is 5.97 Å². The molecule has 0 atom stereocenters. The van der Waals surface area contributed by atoms with Crippen molar-refractivity contribution in [2.24, 2.45) is 0 Å². The van der Waals surface area contributed by atoms with Crippen molar-refractivity contribution in [2.45, 2.75) is 26.6 Å². The predicted octanol–water partition coefficient (Wildman–Crippen LogP) is 3.20. The van der Waals surface area contributed by atoms with E-state index in [9.17, 15) is 4.79 Å². The Bertz CT molecular complexity index is 647. The van der Waals surface area contributed by atoms with Crippen molar-refractivity contribution in [1.29, 1.82) is 0 Å². The molecule has 1 aromatic heterocycles. The van der Waals surface area contributed by atoms with E-state index in [0.717, 1.165) is 5.56 Å². The molecule has 2 rings (SSSR count). The maximum absolute atomic E-state index is 12.1. The Hall–Kier alpha value is -1.98. The van der Waals surface area contributed by atoms with Crippen molar-refractivity contribution in [1.82, 2.24) is 9.97 Å². The summed E-state index contributed by atoms with van der Waals surface area (Å²) in [6.45, 7) is 2.37. The van der Waals surface area contributed by atoms with E-state index in [1.54, 1.807) is 7.11 Å². The largest absolute Gasteiger partial charge is 0.456 e. The van der Waals surface area contributed by atoms with Crippen molar-refractivity contribution in [3.63, 3.8) is 0 Å². The summed E-state index contributed by atoms with van der Waals surface area (Å²) < 4.78 is 10.3. The van der Waals surface area contributed by atoms with Gasteiger partial charge in [0.1, 0.15) is 6.61 Å². The van der Waals surface area contributed by atoms with Gasteiger partial charge < -0.3 is 9.47 Å². The number of benzene rings is 1. The second kappa shape index (κ2) is 7.87. The number of carbonyl (C=O) groups is 1. The summed E-state index contributed by atoms with van der Waals surface area (Å²) in [7, 11) is 1.56. The molecule has 6 heteroatoms. The molecule has 5 nitrogen and oxygen atoms in total. The molecular weight excluding hydrogens is 304 g/mol. The molecule has 0 aliphatic carbocycles. The van der Waals surface area contributed by atoms with E-state index >= 15 is 0 Å². The third-order valence-corrected chi connectivity index (χ3v) is 3.29. The monoisotopic (exact) mass is 320 g/mol. The van der Waals surface area contributed by atoms with Crippen LogP contribution in [-0.4, -0.2) is 23.0 Å². The second-order valence-corrected chi connectivity index (χ2v) is 4.96. The summed E-state index contributed by atoms with van der Waals surface area (Å²) in [6.07, 6.45) is 0.657. The molecule has 22 heavy (non-hydrogen) atoms. The lowest BCUT2D eigenvalue weighted by Gasteiger charge is -2.10. The molecule has 0 aliphatic rings. The topological polar surface area (TPSA) is 61.3 Å². The molecule has 0 amide bonds. The van der Waals surface area contributed by atoms with Crippen LogP contribution in [0.5, 0.6) is 0 Å². The van der Waals surface area contributed by atoms with Gasteiger partial charge in [0.05, 0.1) is 18.0 Å². The van der Waals surface area contributed by atoms with Crippen molar-refractivity contribution < 1.29 is 14.3 Å². The van der Waals surface area contributed by atoms with Gasteiger partial charge in [-0.15, -0.1) is 0 Å². The second-order valence-electron chi connectivity index (χ2n) is 4.60. The van der Waals surface area contributed by atoms with Crippen LogP contribution in [0.3, 0.4) is 0 Å². The lowest BCUT2D eigenvalue weighted by molar-refractivity contribution is 0.0464. The number of aryl methyl sites for hydroxylation is 1. The minimum Gasteiger partial charge on any atom is -0.456 e. The number of ether oxygens (including phenoxy) is 2. The molecule has 0 bridgehead atoms. The molecule has 2 aromatic rings. The minimum atomic E-state index is -0.596. The number of halogens is 1. The van der Waals surface area contributed by atoms with Crippen LogP contribution in [-0.2, 0) is 29.1 Å². The van der Waals surface area contributed by atoms with Crippen LogP contribution in [0.4, 0.5) is 0 Å². The first-order chi connectivity index (χ1) is 10.7. The van der Waals surface area contributed by atoms with Gasteiger partial charge in [-0.3, -0.25) is 0 Å². The van der Waals surface area contributed by atoms with Gasteiger partial charge in [0.25, 0.3) is 0 Å². The molecule has 0 saturated heterocycles. The Kier molecular flexibility index (Phi) is 5.86. The van der Waals surface area contributed by atoms with Crippen LogP contribution in [0.15, 0.2) is 30.3 Å². The normalized spacial score (nSPS) is 10.5. The van der Waals surface area contributed by atoms with E-state index in [4.69, 9.17) is 21.1 Å². The highest BCUT2D eigenvalue weighted by molar-refractivity contribution is 6.32. The lowest BCUT2D eigenvalue weighted by atomic mass is 10.2. The van der Waals surface area contributed by atoms with Gasteiger partial charge in [0, 0.05) is 7.11 Å². The SMILES string of the molecule is CCc1nc(Cl)c(C(=O)OCc2ccccc2)nc1COC. The number of nitrogens with zero attached hydrogens (tertiary/aromatic N) is 2. The van der Waals surface area contributed by atoms with Crippen molar-refractivity contribution in [2.75, 3.05) is 7.11 Å². The van der Waals surface area contributed by atoms with E-state index in [-0.39, 0.29) is 24.1 Å². The molecule has 0 aliphatic heterocycles. The van der Waals surface area contributed by atoms with Gasteiger partial charge in [0.15, 0.2) is 10.8 Å². The molecular formula is C16H17ClN2O3. The Balaban J connectivity index is 2.16. The highest BCUT2D eigenvalue weighted by atomic mass is 35.5. The summed E-state index contributed by atoms with van der Waals surface area (Å²) in [6, 6.07) is 9.40. The van der Waals surface area contributed by atoms with E-state index in [2.05, 4.69) is 9.97 Å². The van der Waals surface area contributed by atoms with Crippen LogP contribution < -0.4 is 0 Å². The van der Waals surface area contributed by atoms with Gasteiger partial charge in [-0.1, -0.05) is 48.9 Å². The summed E-state index contributed by atoms with van der Waals surface area (Å²) in [5.74, 6) is -0.596. The Morgan fingerprint density at radius 3 is 2.50 bits per heavy atom.